The maximum atomic E-state index is 12.8. The molecule has 1 aromatic carbocycles. The molecule has 2 aromatic heterocycles. The molecule has 0 saturated carbocycles. The van der Waals surface area contributed by atoms with E-state index in [1.54, 1.807) is 9.58 Å². The maximum Gasteiger partial charge on any atom is 0.231 e. The summed E-state index contributed by atoms with van der Waals surface area (Å²) in [5, 5.41) is 9.65. The van der Waals surface area contributed by atoms with Gasteiger partial charge < -0.3 is 10.2 Å². The molecular weight excluding hydrogens is 386 g/mol. The normalized spacial score (nSPS) is 16.5. The lowest BCUT2D eigenvalue weighted by atomic mass is 10.1. The second-order valence-electron chi connectivity index (χ2n) is 7.52. The first kappa shape index (κ1) is 19.3. The number of rotatable bonds is 4. The van der Waals surface area contributed by atoms with E-state index in [0.717, 1.165) is 33.8 Å². The largest absolute Gasteiger partial charge is 0.311 e. The molecule has 1 aliphatic rings. The van der Waals surface area contributed by atoms with E-state index in [1.807, 2.05) is 57.6 Å². The molecule has 7 nitrogen and oxygen atoms in total. The molecule has 0 bridgehead atoms. The summed E-state index contributed by atoms with van der Waals surface area (Å²) in [6.45, 7) is 6.32. The van der Waals surface area contributed by atoms with Gasteiger partial charge in [-0.2, -0.15) is 5.10 Å². The summed E-state index contributed by atoms with van der Waals surface area (Å²) in [4.78, 5) is 31.5. The van der Waals surface area contributed by atoms with Crippen molar-refractivity contribution >= 4 is 34.0 Å². The average Bonchev–Trinajstić information content (AvgIpc) is 3.34. The van der Waals surface area contributed by atoms with Crippen LogP contribution >= 0.6 is 11.3 Å². The summed E-state index contributed by atoms with van der Waals surface area (Å²) in [5.41, 5.74) is 5.68. The van der Waals surface area contributed by atoms with Crippen LogP contribution in [0.25, 0.3) is 11.3 Å². The average molecular weight is 410 g/mol. The zero-order valence-corrected chi connectivity index (χ0v) is 17.7. The van der Waals surface area contributed by atoms with Gasteiger partial charge in [-0.3, -0.25) is 14.3 Å². The van der Waals surface area contributed by atoms with Crippen molar-refractivity contribution in [1.29, 1.82) is 0 Å². The second-order valence-corrected chi connectivity index (χ2v) is 8.38. The molecule has 2 amide bonds. The van der Waals surface area contributed by atoms with Gasteiger partial charge in [-0.15, -0.1) is 11.3 Å². The molecule has 1 unspecified atom stereocenters. The Morgan fingerprint density at radius 3 is 2.76 bits per heavy atom. The van der Waals surface area contributed by atoms with Crippen molar-refractivity contribution in [2.75, 3.05) is 16.8 Å². The van der Waals surface area contributed by atoms with Crippen LogP contribution < -0.4 is 10.2 Å². The highest BCUT2D eigenvalue weighted by molar-refractivity contribution is 7.14. The number of aryl methyl sites for hydroxylation is 4. The lowest BCUT2D eigenvalue weighted by molar-refractivity contribution is -0.122. The van der Waals surface area contributed by atoms with Crippen LogP contribution in [0.2, 0.25) is 0 Å². The Morgan fingerprint density at radius 1 is 1.28 bits per heavy atom. The monoisotopic (exact) mass is 409 g/mol. The summed E-state index contributed by atoms with van der Waals surface area (Å²) in [6.07, 6.45) is 2.12. The second kappa shape index (κ2) is 7.44. The summed E-state index contributed by atoms with van der Waals surface area (Å²) >= 11 is 1.37. The lowest BCUT2D eigenvalue weighted by Gasteiger charge is -2.19. The minimum atomic E-state index is -0.393. The summed E-state index contributed by atoms with van der Waals surface area (Å²) in [6, 6.07) is 5.99. The molecule has 4 rings (SSSR count). The van der Waals surface area contributed by atoms with Crippen molar-refractivity contribution < 1.29 is 9.59 Å². The number of thiazole rings is 1. The summed E-state index contributed by atoms with van der Waals surface area (Å²) in [7, 11) is 1.87. The van der Waals surface area contributed by atoms with Crippen molar-refractivity contribution in [3.05, 3.63) is 46.6 Å². The number of benzene rings is 1. The van der Waals surface area contributed by atoms with Gasteiger partial charge in [0.25, 0.3) is 0 Å². The number of anilines is 2. The molecule has 1 fully saturated rings. The standard InChI is InChI=1S/C21H23N5O2S/c1-12-5-6-18(13(2)7-12)26-9-15(8-19(26)27)20(28)23-21-22-17(11-29-21)16-10-25(4)24-14(16)3/h5-7,10-11,15H,8-9H2,1-4H3,(H,22,23,28). The van der Waals surface area contributed by atoms with E-state index in [2.05, 4.69) is 15.4 Å². The van der Waals surface area contributed by atoms with E-state index < -0.39 is 5.92 Å². The van der Waals surface area contributed by atoms with Gasteiger partial charge in [0.2, 0.25) is 11.8 Å². The van der Waals surface area contributed by atoms with Gasteiger partial charge in [0.1, 0.15) is 0 Å². The number of hydrogen-bond donors (Lipinski definition) is 1. The van der Waals surface area contributed by atoms with E-state index in [9.17, 15) is 9.59 Å². The Bertz CT molecular complexity index is 1100. The van der Waals surface area contributed by atoms with Gasteiger partial charge in [0.05, 0.1) is 17.3 Å². The maximum absolute atomic E-state index is 12.8. The molecular formula is C21H23N5O2S. The van der Waals surface area contributed by atoms with Gasteiger partial charge in [-0.25, -0.2) is 4.98 Å². The highest BCUT2D eigenvalue weighted by Crippen LogP contribution is 2.30. The van der Waals surface area contributed by atoms with Crippen molar-refractivity contribution in [3.63, 3.8) is 0 Å². The van der Waals surface area contributed by atoms with E-state index in [4.69, 9.17) is 0 Å². The fourth-order valence-corrected chi connectivity index (χ4v) is 4.45. The lowest BCUT2D eigenvalue weighted by Crippen LogP contribution is -2.28. The highest BCUT2D eigenvalue weighted by Gasteiger charge is 2.36. The van der Waals surface area contributed by atoms with Crippen molar-refractivity contribution in [2.45, 2.75) is 27.2 Å². The Labute approximate surface area is 173 Å². The number of carbonyl (C=O) groups is 2. The van der Waals surface area contributed by atoms with Crippen LogP contribution in [0.1, 0.15) is 23.2 Å². The van der Waals surface area contributed by atoms with E-state index >= 15 is 0 Å². The molecule has 150 valence electrons. The molecule has 1 saturated heterocycles. The fourth-order valence-electron chi connectivity index (χ4n) is 3.74. The first-order chi connectivity index (χ1) is 13.8. The zero-order chi connectivity index (χ0) is 20.7. The fraction of sp³-hybridized carbons (Fsp3) is 0.333. The van der Waals surface area contributed by atoms with Crippen LogP contribution in [-0.4, -0.2) is 33.1 Å². The van der Waals surface area contributed by atoms with Gasteiger partial charge in [0.15, 0.2) is 5.13 Å². The van der Waals surface area contributed by atoms with Crippen molar-refractivity contribution in [1.82, 2.24) is 14.8 Å². The number of carbonyl (C=O) groups excluding carboxylic acids is 2. The van der Waals surface area contributed by atoms with E-state index in [1.165, 1.54) is 11.3 Å². The smallest absolute Gasteiger partial charge is 0.231 e. The Morgan fingerprint density at radius 2 is 2.07 bits per heavy atom. The topological polar surface area (TPSA) is 80.1 Å². The number of aromatic nitrogens is 3. The predicted molar refractivity (Wildman–Crippen MR) is 114 cm³/mol. The Kier molecular flexibility index (Phi) is 4.96. The summed E-state index contributed by atoms with van der Waals surface area (Å²) in [5.74, 6) is -0.590. The molecule has 29 heavy (non-hydrogen) atoms. The Balaban J connectivity index is 1.46. The zero-order valence-electron chi connectivity index (χ0n) is 16.9. The molecule has 8 heteroatoms. The first-order valence-electron chi connectivity index (χ1n) is 9.46. The van der Waals surface area contributed by atoms with Crippen molar-refractivity contribution in [2.24, 2.45) is 13.0 Å². The first-order valence-corrected chi connectivity index (χ1v) is 10.3. The minimum absolute atomic E-state index is 0.0251. The molecule has 0 radical (unpaired) electrons. The number of nitrogens with one attached hydrogen (secondary N) is 1. The molecule has 1 aliphatic heterocycles. The minimum Gasteiger partial charge on any atom is -0.311 e. The quantitative estimate of drug-likeness (QED) is 0.716. The SMILES string of the molecule is Cc1ccc(N2CC(C(=O)Nc3nc(-c4cn(C)nc4C)cs3)CC2=O)c(C)c1. The van der Waals surface area contributed by atoms with Crippen LogP contribution in [0, 0.1) is 26.7 Å². The highest BCUT2D eigenvalue weighted by atomic mass is 32.1. The van der Waals surface area contributed by atoms with Crippen LogP contribution in [0.15, 0.2) is 29.8 Å². The summed E-state index contributed by atoms with van der Waals surface area (Å²) < 4.78 is 1.74. The van der Waals surface area contributed by atoms with Crippen molar-refractivity contribution in [3.8, 4) is 11.3 Å². The third kappa shape index (κ3) is 3.80. The van der Waals surface area contributed by atoms with E-state index in [0.29, 0.717) is 11.7 Å². The number of nitrogens with zero attached hydrogens (tertiary/aromatic N) is 4. The van der Waals surface area contributed by atoms with E-state index in [-0.39, 0.29) is 18.2 Å². The van der Waals surface area contributed by atoms with Gasteiger partial charge in [-0.05, 0) is 32.4 Å². The molecule has 3 aromatic rings. The van der Waals surface area contributed by atoms with Crippen LogP contribution in [0.4, 0.5) is 10.8 Å². The van der Waals surface area contributed by atoms with Crippen LogP contribution in [0.3, 0.4) is 0 Å². The molecule has 0 aliphatic carbocycles. The predicted octanol–water partition coefficient (Wildman–Crippen LogP) is 3.46. The number of amides is 2. The van der Waals surface area contributed by atoms with Gasteiger partial charge >= 0.3 is 0 Å². The van der Waals surface area contributed by atoms with Gasteiger partial charge in [0, 0.05) is 42.8 Å². The molecule has 0 spiro atoms. The third-order valence-corrected chi connectivity index (χ3v) is 5.92. The van der Waals surface area contributed by atoms with Crippen LogP contribution in [0.5, 0.6) is 0 Å². The molecule has 3 heterocycles. The molecule has 1 atom stereocenters. The Hall–Kier alpha value is -3.00. The van der Waals surface area contributed by atoms with Crippen LogP contribution in [-0.2, 0) is 16.6 Å². The van der Waals surface area contributed by atoms with Gasteiger partial charge in [-0.1, -0.05) is 17.7 Å². The third-order valence-electron chi connectivity index (χ3n) is 5.16. The molecule has 1 N–H and O–H groups in total. The number of hydrogen-bond acceptors (Lipinski definition) is 5.